The largest absolute Gasteiger partial charge is 0.312 e. The van der Waals surface area contributed by atoms with Gasteiger partial charge in [0.15, 0.2) is 5.78 Å². The molecule has 0 saturated carbocycles. The molecule has 0 fully saturated rings. The van der Waals surface area contributed by atoms with Gasteiger partial charge in [0.2, 0.25) is 5.91 Å². The molecule has 1 amide bonds. The molecule has 0 aromatic carbocycles. The number of Topliss-reactive ketones (excluding diaryl/α,β-unsaturated/α-hetero) is 1. The van der Waals surface area contributed by atoms with E-state index in [1.165, 1.54) is 0 Å². The summed E-state index contributed by atoms with van der Waals surface area (Å²) in [6, 6.07) is 0.195. The summed E-state index contributed by atoms with van der Waals surface area (Å²) < 4.78 is 0. The quantitative estimate of drug-likeness (QED) is 0.692. The van der Waals surface area contributed by atoms with E-state index in [-0.39, 0.29) is 30.2 Å². The molecule has 0 saturated heterocycles. The van der Waals surface area contributed by atoms with E-state index in [4.69, 9.17) is 0 Å². The number of likely N-dealkylation sites (N-methyl/N-ethyl adjacent to an activating group) is 1. The second-order valence-corrected chi connectivity index (χ2v) is 5.00. The van der Waals surface area contributed by atoms with Gasteiger partial charge in [-0.1, -0.05) is 19.9 Å². The molecule has 0 aromatic heterocycles. The zero-order chi connectivity index (χ0) is 13.7. The third-order valence-corrected chi connectivity index (χ3v) is 3.39. The number of nitrogens with zero attached hydrogens (tertiary/aromatic N) is 1. The van der Waals surface area contributed by atoms with Crippen LogP contribution in [0.3, 0.4) is 0 Å². The molecular formula is C13H23BN2O2. The van der Waals surface area contributed by atoms with Crippen molar-refractivity contribution < 1.29 is 9.59 Å². The minimum Gasteiger partial charge on any atom is -0.312 e. The Morgan fingerprint density at radius 3 is 2.72 bits per heavy atom. The minimum atomic E-state index is -0.0350. The van der Waals surface area contributed by atoms with E-state index < -0.39 is 0 Å². The lowest BCUT2D eigenvalue weighted by molar-refractivity contribution is -0.133. The van der Waals surface area contributed by atoms with Gasteiger partial charge >= 0.3 is 0 Å². The molecule has 100 valence electrons. The molecule has 0 radical (unpaired) electrons. The molecule has 0 bridgehead atoms. The Labute approximate surface area is 110 Å². The lowest BCUT2D eigenvalue weighted by atomic mass is 10.0. The van der Waals surface area contributed by atoms with E-state index in [1.807, 2.05) is 28.7 Å². The van der Waals surface area contributed by atoms with Gasteiger partial charge in [-0.2, -0.15) is 0 Å². The second-order valence-electron chi connectivity index (χ2n) is 5.00. The van der Waals surface area contributed by atoms with E-state index in [0.29, 0.717) is 6.32 Å². The highest BCUT2D eigenvalue weighted by Crippen LogP contribution is 2.23. The predicted octanol–water partition coefficient (Wildman–Crippen LogP) is 0.357. The highest BCUT2D eigenvalue weighted by atomic mass is 16.2. The predicted molar refractivity (Wildman–Crippen MR) is 75.1 cm³/mol. The fraction of sp³-hybridized carbons (Fsp3) is 0.692. The van der Waals surface area contributed by atoms with Crippen LogP contribution in [0.1, 0.15) is 26.7 Å². The van der Waals surface area contributed by atoms with Crippen molar-refractivity contribution in [1.82, 2.24) is 10.2 Å². The summed E-state index contributed by atoms with van der Waals surface area (Å²) >= 11 is 0. The lowest BCUT2D eigenvalue weighted by Gasteiger charge is -2.28. The van der Waals surface area contributed by atoms with Crippen LogP contribution in [-0.4, -0.2) is 44.1 Å². The van der Waals surface area contributed by atoms with Gasteiger partial charge in [-0.25, -0.2) is 0 Å². The van der Waals surface area contributed by atoms with Gasteiger partial charge in [0, 0.05) is 17.7 Å². The van der Waals surface area contributed by atoms with Crippen LogP contribution in [0, 0.1) is 5.92 Å². The molecule has 1 unspecified atom stereocenters. The maximum absolute atomic E-state index is 12.0. The standard InChI is InChI=1S/C13H23BN2O2/c1-9(2)12(17)8-16(13(18)7-14)11-6-4-5-10(11)15-3/h6,9-10,15H,4-5,7-8,14H2,1-3H3. The number of allylic oxidation sites excluding steroid dienone is 1. The molecule has 0 aliphatic heterocycles. The molecule has 0 spiro atoms. The van der Waals surface area contributed by atoms with E-state index in [9.17, 15) is 9.59 Å². The lowest BCUT2D eigenvalue weighted by Crippen LogP contribution is -2.42. The Bertz CT molecular complexity index is 353. The number of hydrogen-bond acceptors (Lipinski definition) is 3. The monoisotopic (exact) mass is 250 g/mol. The number of amides is 1. The Morgan fingerprint density at radius 1 is 1.56 bits per heavy atom. The number of carbonyl (C=O) groups excluding carboxylic acids is 2. The molecule has 1 aliphatic carbocycles. The van der Waals surface area contributed by atoms with Crippen molar-refractivity contribution in [2.45, 2.75) is 39.1 Å². The Hall–Kier alpha value is -1.10. The van der Waals surface area contributed by atoms with Crippen LogP contribution in [0.2, 0.25) is 6.32 Å². The number of carbonyl (C=O) groups is 2. The summed E-state index contributed by atoms with van der Waals surface area (Å²) in [6.45, 7) is 3.94. The maximum atomic E-state index is 12.0. The van der Waals surface area contributed by atoms with Crippen LogP contribution in [0.5, 0.6) is 0 Å². The number of nitrogens with one attached hydrogen (secondary N) is 1. The first-order valence-electron chi connectivity index (χ1n) is 6.71. The van der Waals surface area contributed by atoms with Gasteiger partial charge in [-0.15, -0.1) is 0 Å². The molecule has 1 aliphatic rings. The molecule has 1 N–H and O–H groups in total. The third kappa shape index (κ3) is 3.45. The molecule has 1 rings (SSSR count). The van der Waals surface area contributed by atoms with Crippen molar-refractivity contribution >= 4 is 19.5 Å². The number of rotatable bonds is 6. The second kappa shape index (κ2) is 6.73. The van der Waals surface area contributed by atoms with Crippen molar-refractivity contribution in [2.24, 2.45) is 5.92 Å². The smallest absolute Gasteiger partial charge is 0.219 e. The Balaban J connectivity index is 2.85. The van der Waals surface area contributed by atoms with Gasteiger partial charge in [0.25, 0.3) is 0 Å². The highest BCUT2D eigenvalue weighted by molar-refractivity contribution is 6.20. The summed E-state index contributed by atoms with van der Waals surface area (Å²) in [4.78, 5) is 25.6. The van der Waals surface area contributed by atoms with Crippen molar-refractivity contribution in [2.75, 3.05) is 13.6 Å². The van der Waals surface area contributed by atoms with E-state index >= 15 is 0 Å². The van der Waals surface area contributed by atoms with Crippen molar-refractivity contribution in [3.8, 4) is 0 Å². The van der Waals surface area contributed by atoms with Gasteiger partial charge in [0.1, 0.15) is 7.85 Å². The molecule has 4 nitrogen and oxygen atoms in total. The fourth-order valence-corrected chi connectivity index (χ4v) is 2.13. The van der Waals surface area contributed by atoms with Crippen molar-refractivity contribution in [3.63, 3.8) is 0 Å². The Morgan fingerprint density at radius 2 is 2.22 bits per heavy atom. The highest BCUT2D eigenvalue weighted by Gasteiger charge is 2.28. The average Bonchev–Trinajstić information content (AvgIpc) is 2.82. The molecular weight excluding hydrogens is 227 g/mol. The van der Waals surface area contributed by atoms with Gasteiger partial charge in [-0.05, 0) is 26.2 Å². The summed E-state index contributed by atoms with van der Waals surface area (Å²) in [6.07, 6.45) is 4.46. The van der Waals surface area contributed by atoms with Gasteiger partial charge in [0.05, 0.1) is 6.54 Å². The van der Waals surface area contributed by atoms with Gasteiger partial charge < -0.3 is 10.2 Å². The zero-order valence-corrected chi connectivity index (χ0v) is 11.8. The van der Waals surface area contributed by atoms with E-state index in [2.05, 4.69) is 11.4 Å². The first-order valence-corrected chi connectivity index (χ1v) is 6.71. The van der Waals surface area contributed by atoms with Crippen molar-refractivity contribution in [3.05, 3.63) is 11.8 Å². The number of ketones is 1. The Kier molecular flexibility index (Phi) is 5.60. The average molecular weight is 250 g/mol. The SMILES string of the molecule is BCC(=O)N(CC(=O)C(C)C)C1=CCCC1NC. The summed E-state index contributed by atoms with van der Waals surface area (Å²) in [5.41, 5.74) is 0.971. The van der Waals surface area contributed by atoms with E-state index in [1.54, 1.807) is 4.90 Å². The molecule has 18 heavy (non-hydrogen) atoms. The summed E-state index contributed by atoms with van der Waals surface area (Å²) in [7, 11) is 3.72. The first kappa shape index (κ1) is 15.0. The van der Waals surface area contributed by atoms with Crippen LogP contribution in [0.25, 0.3) is 0 Å². The van der Waals surface area contributed by atoms with E-state index in [0.717, 1.165) is 18.5 Å². The van der Waals surface area contributed by atoms with Crippen LogP contribution in [0.4, 0.5) is 0 Å². The topological polar surface area (TPSA) is 49.4 Å². The molecule has 0 heterocycles. The normalized spacial score (nSPS) is 18.9. The van der Waals surface area contributed by atoms with Gasteiger partial charge in [-0.3, -0.25) is 9.59 Å². The molecule has 0 aromatic rings. The molecule has 5 heteroatoms. The molecule has 1 atom stereocenters. The minimum absolute atomic E-state index is 0.0254. The van der Waals surface area contributed by atoms with Crippen LogP contribution in [-0.2, 0) is 9.59 Å². The zero-order valence-electron chi connectivity index (χ0n) is 11.8. The summed E-state index contributed by atoms with van der Waals surface area (Å²) in [5.74, 6) is 0.101. The summed E-state index contributed by atoms with van der Waals surface area (Å²) in [5, 5.41) is 3.20. The van der Waals surface area contributed by atoms with Crippen LogP contribution in [0.15, 0.2) is 11.8 Å². The van der Waals surface area contributed by atoms with Crippen LogP contribution >= 0.6 is 0 Å². The third-order valence-electron chi connectivity index (χ3n) is 3.39. The van der Waals surface area contributed by atoms with Crippen molar-refractivity contribution in [1.29, 1.82) is 0 Å². The number of hydrogen-bond donors (Lipinski definition) is 1. The maximum Gasteiger partial charge on any atom is 0.219 e. The van der Waals surface area contributed by atoms with Crippen LogP contribution < -0.4 is 5.32 Å². The first-order chi connectivity index (χ1) is 8.51. The fourth-order valence-electron chi connectivity index (χ4n) is 2.13.